The quantitative estimate of drug-likeness (QED) is 0.803. The summed E-state index contributed by atoms with van der Waals surface area (Å²) in [4.78, 5) is 7.88. The third-order valence-electron chi connectivity index (χ3n) is 3.45. The fraction of sp³-hybridized carbons (Fsp3) is 0.500. The van der Waals surface area contributed by atoms with Gasteiger partial charge in [0.2, 0.25) is 0 Å². The molecular weight excluding hydrogens is 228 g/mol. The zero-order valence-corrected chi connectivity index (χ0v) is 10.6. The Morgan fingerprint density at radius 3 is 2.72 bits per heavy atom. The minimum atomic E-state index is 0.0732. The van der Waals surface area contributed by atoms with Gasteiger partial charge in [-0.05, 0) is 13.0 Å². The molecule has 0 bridgehead atoms. The van der Waals surface area contributed by atoms with Crippen LogP contribution in [-0.4, -0.2) is 32.0 Å². The maximum atomic E-state index is 5.51. The summed E-state index contributed by atoms with van der Waals surface area (Å²) in [5, 5.41) is 4.05. The number of hydrogen-bond donors (Lipinski definition) is 0. The number of rotatable bonds is 2. The Labute approximate surface area is 107 Å². The number of morpholine rings is 1. The minimum Gasteiger partial charge on any atom is -0.387 e. The molecule has 0 amide bonds. The standard InChI is InChI=1S/C14H18N2O2/c1-11-10-14(18-15-11)12-4-2-3-5-13(12)16-6-8-17-9-7-16/h2-5,14H,6-10H2,1H3/t14-/m1/s1. The van der Waals surface area contributed by atoms with E-state index in [2.05, 4.69) is 34.3 Å². The van der Waals surface area contributed by atoms with E-state index in [0.29, 0.717) is 0 Å². The van der Waals surface area contributed by atoms with Crippen molar-refractivity contribution in [2.45, 2.75) is 19.4 Å². The molecule has 4 nitrogen and oxygen atoms in total. The SMILES string of the molecule is CC1=NO[C@@H](c2ccccc2N2CCOCC2)C1. The second-order valence-electron chi connectivity index (χ2n) is 4.78. The average molecular weight is 246 g/mol. The molecule has 0 unspecified atom stereocenters. The Hall–Kier alpha value is -1.55. The van der Waals surface area contributed by atoms with Crippen LogP contribution in [0.25, 0.3) is 0 Å². The largest absolute Gasteiger partial charge is 0.387 e. The maximum absolute atomic E-state index is 5.51. The van der Waals surface area contributed by atoms with Gasteiger partial charge in [0.05, 0.1) is 18.9 Å². The van der Waals surface area contributed by atoms with Crippen LogP contribution < -0.4 is 4.90 Å². The molecule has 4 heteroatoms. The number of nitrogens with zero attached hydrogens (tertiary/aromatic N) is 2. The predicted molar refractivity (Wildman–Crippen MR) is 71.0 cm³/mol. The molecule has 1 atom stereocenters. The van der Waals surface area contributed by atoms with Crippen LogP contribution in [0.5, 0.6) is 0 Å². The third-order valence-corrected chi connectivity index (χ3v) is 3.45. The maximum Gasteiger partial charge on any atom is 0.159 e. The van der Waals surface area contributed by atoms with Crippen molar-refractivity contribution in [1.29, 1.82) is 0 Å². The van der Waals surface area contributed by atoms with Gasteiger partial charge in [-0.15, -0.1) is 0 Å². The van der Waals surface area contributed by atoms with E-state index >= 15 is 0 Å². The van der Waals surface area contributed by atoms with E-state index in [1.54, 1.807) is 0 Å². The molecule has 1 aromatic rings. The van der Waals surface area contributed by atoms with Crippen molar-refractivity contribution in [3.63, 3.8) is 0 Å². The fourth-order valence-corrected chi connectivity index (χ4v) is 2.52. The number of hydrogen-bond acceptors (Lipinski definition) is 4. The van der Waals surface area contributed by atoms with Crippen LogP contribution in [0.15, 0.2) is 29.4 Å². The van der Waals surface area contributed by atoms with E-state index < -0.39 is 0 Å². The van der Waals surface area contributed by atoms with Gasteiger partial charge in [0.1, 0.15) is 0 Å². The van der Waals surface area contributed by atoms with Crippen molar-refractivity contribution in [1.82, 2.24) is 0 Å². The number of benzene rings is 1. The van der Waals surface area contributed by atoms with Gasteiger partial charge in [-0.25, -0.2) is 0 Å². The van der Waals surface area contributed by atoms with Crippen LogP contribution in [0.4, 0.5) is 5.69 Å². The van der Waals surface area contributed by atoms with Crippen molar-refractivity contribution in [3.8, 4) is 0 Å². The molecule has 0 N–H and O–H groups in total. The smallest absolute Gasteiger partial charge is 0.159 e. The predicted octanol–water partition coefficient (Wildman–Crippen LogP) is 2.36. The Kier molecular flexibility index (Phi) is 3.19. The van der Waals surface area contributed by atoms with Crippen LogP contribution >= 0.6 is 0 Å². The zero-order valence-electron chi connectivity index (χ0n) is 10.6. The van der Waals surface area contributed by atoms with Gasteiger partial charge in [0.15, 0.2) is 6.10 Å². The first-order valence-corrected chi connectivity index (χ1v) is 6.45. The molecule has 0 spiro atoms. The van der Waals surface area contributed by atoms with E-state index in [1.165, 1.54) is 11.3 Å². The van der Waals surface area contributed by atoms with Gasteiger partial charge < -0.3 is 14.5 Å². The molecule has 2 heterocycles. The van der Waals surface area contributed by atoms with Crippen molar-refractivity contribution in [3.05, 3.63) is 29.8 Å². The molecule has 0 aliphatic carbocycles. The highest BCUT2D eigenvalue weighted by atomic mass is 16.6. The highest BCUT2D eigenvalue weighted by Gasteiger charge is 2.25. The molecule has 0 saturated carbocycles. The van der Waals surface area contributed by atoms with Gasteiger partial charge in [-0.1, -0.05) is 23.4 Å². The summed E-state index contributed by atoms with van der Waals surface area (Å²) in [5.74, 6) is 0. The van der Waals surface area contributed by atoms with Gasteiger partial charge in [-0.3, -0.25) is 0 Å². The summed E-state index contributed by atoms with van der Waals surface area (Å²) in [7, 11) is 0. The molecule has 1 saturated heterocycles. The topological polar surface area (TPSA) is 34.1 Å². The van der Waals surface area contributed by atoms with Gasteiger partial charge in [0.25, 0.3) is 0 Å². The Bertz CT molecular complexity index is 432. The van der Waals surface area contributed by atoms with E-state index in [0.717, 1.165) is 38.4 Å². The van der Waals surface area contributed by atoms with Crippen LogP contribution in [0.2, 0.25) is 0 Å². The lowest BCUT2D eigenvalue weighted by atomic mass is 10.0. The van der Waals surface area contributed by atoms with Crippen LogP contribution in [0, 0.1) is 0 Å². The summed E-state index contributed by atoms with van der Waals surface area (Å²) in [5.41, 5.74) is 3.56. The second-order valence-corrected chi connectivity index (χ2v) is 4.78. The van der Waals surface area contributed by atoms with Crippen LogP contribution in [0.3, 0.4) is 0 Å². The third kappa shape index (κ3) is 2.20. The number of oxime groups is 1. The Morgan fingerprint density at radius 2 is 2.00 bits per heavy atom. The molecule has 1 fully saturated rings. The van der Waals surface area contributed by atoms with Crippen molar-refractivity contribution in [2.24, 2.45) is 5.16 Å². The van der Waals surface area contributed by atoms with Crippen LogP contribution in [-0.2, 0) is 9.57 Å². The summed E-state index contributed by atoms with van der Waals surface area (Å²) in [6, 6.07) is 8.45. The van der Waals surface area contributed by atoms with E-state index in [-0.39, 0.29) is 6.10 Å². The molecule has 0 radical (unpaired) electrons. The second kappa shape index (κ2) is 4.98. The van der Waals surface area contributed by atoms with Gasteiger partial charge in [0, 0.05) is 30.8 Å². The monoisotopic (exact) mass is 246 g/mol. The average Bonchev–Trinajstić information content (AvgIpc) is 2.86. The molecule has 18 heavy (non-hydrogen) atoms. The first-order chi connectivity index (χ1) is 8.84. The zero-order chi connectivity index (χ0) is 12.4. The highest BCUT2D eigenvalue weighted by Crippen LogP contribution is 2.34. The summed E-state index contributed by atoms with van der Waals surface area (Å²) >= 11 is 0. The van der Waals surface area contributed by atoms with Crippen molar-refractivity contribution < 1.29 is 9.57 Å². The van der Waals surface area contributed by atoms with Crippen molar-refractivity contribution >= 4 is 11.4 Å². The normalized spacial score (nSPS) is 23.7. The van der Waals surface area contributed by atoms with Gasteiger partial charge >= 0.3 is 0 Å². The Balaban J connectivity index is 1.85. The van der Waals surface area contributed by atoms with Crippen molar-refractivity contribution in [2.75, 3.05) is 31.2 Å². The number of ether oxygens (including phenoxy) is 1. The summed E-state index contributed by atoms with van der Waals surface area (Å²) < 4.78 is 5.41. The minimum absolute atomic E-state index is 0.0732. The fourth-order valence-electron chi connectivity index (χ4n) is 2.52. The molecule has 1 aromatic carbocycles. The summed E-state index contributed by atoms with van der Waals surface area (Å²) in [6.45, 7) is 5.51. The van der Waals surface area contributed by atoms with Crippen LogP contribution in [0.1, 0.15) is 25.0 Å². The molecule has 96 valence electrons. The Morgan fingerprint density at radius 1 is 1.22 bits per heavy atom. The molecule has 2 aliphatic heterocycles. The molecule has 2 aliphatic rings. The lowest BCUT2D eigenvalue weighted by Gasteiger charge is -2.31. The molecule has 3 rings (SSSR count). The molecular formula is C14H18N2O2. The van der Waals surface area contributed by atoms with Gasteiger partial charge in [-0.2, -0.15) is 0 Å². The number of para-hydroxylation sites is 1. The first-order valence-electron chi connectivity index (χ1n) is 6.45. The lowest BCUT2D eigenvalue weighted by Crippen LogP contribution is -2.37. The number of anilines is 1. The highest BCUT2D eigenvalue weighted by molar-refractivity contribution is 5.83. The van der Waals surface area contributed by atoms with E-state index in [4.69, 9.17) is 9.57 Å². The first kappa shape index (κ1) is 11.5. The lowest BCUT2D eigenvalue weighted by molar-refractivity contribution is 0.0852. The molecule has 0 aromatic heterocycles. The van der Waals surface area contributed by atoms with E-state index in [1.807, 2.05) is 6.92 Å². The van der Waals surface area contributed by atoms with E-state index in [9.17, 15) is 0 Å². The summed E-state index contributed by atoms with van der Waals surface area (Å²) in [6.07, 6.45) is 0.963.